The fraction of sp³-hybridized carbons (Fsp3) is 0.292. The minimum Gasteiger partial charge on any atom is -0.484 e. The van der Waals surface area contributed by atoms with Crippen molar-refractivity contribution in [2.75, 3.05) is 19.8 Å². The van der Waals surface area contributed by atoms with Gasteiger partial charge in [0.15, 0.2) is 5.56 Å². The van der Waals surface area contributed by atoms with Gasteiger partial charge in [-0.2, -0.15) is 22.0 Å². The topological polar surface area (TPSA) is 82.6 Å². The van der Waals surface area contributed by atoms with Gasteiger partial charge in [-0.15, -0.1) is 10.2 Å². The molecule has 0 atom stereocenters. The molecule has 1 aromatic heterocycles. The first kappa shape index (κ1) is 25.1. The first-order valence-corrected chi connectivity index (χ1v) is 10.7. The van der Waals surface area contributed by atoms with Crippen molar-refractivity contribution in [2.45, 2.75) is 25.9 Å². The lowest BCUT2D eigenvalue weighted by atomic mass is 10.00. The maximum absolute atomic E-state index is 14.9. The Morgan fingerprint density at radius 3 is 2.50 bits per heavy atom. The molecular weight excluding hydrogens is 489 g/mol. The maximum atomic E-state index is 14.9. The molecule has 0 unspecified atom stereocenters. The molecule has 1 aliphatic rings. The van der Waals surface area contributed by atoms with Crippen molar-refractivity contribution in [1.82, 2.24) is 15.5 Å². The summed E-state index contributed by atoms with van der Waals surface area (Å²) in [5.74, 6) is -5.71. The first-order valence-electron chi connectivity index (χ1n) is 10.7. The lowest BCUT2D eigenvalue weighted by molar-refractivity contribution is -0.137. The first-order chi connectivity index (χ1) is 17.0. The van der Waals surface area contributed by atoms with Gasteiger partial charge >= 0.3 is 6.18 Å². The summed E-state index contributed by atoms with van der Waals surface area (Å²) in [4.78, 5) is 13.1. The number of alkyl halides is 5. The third kappa shape index (κ3) is 5.31. The summed E-state index contributed by atoms with van der Waals surface area (Å²) >= 11 is 0. The van der Waals surface area contributed by atoms with Crippen LogP contribution in [0.1, 0.15) is 32.6 Å². The average Bonchev–Trinajstić information content (AvgIpc) is 2.82. The minimum atomic E-state index is -4.64. The van der Waals surface area contributed by atoms with Crippen LogP contribution in [-0.2, 0) is 12.1 Å². The molecule has 0 bridgehead atoms. The van der Waals surface area contributed by atoms with E-state index < -0.39 is 41.6 Å². The van der Waals surface area contributed by atoms with E-state index in [2.05, 4.69) is 15.5 Å². The largest absolute Gasteiger partial charge is 0.484 e. The molecule has 0 fully saturated rings. The number of aryl methyl sites for hydroxylation is 2. The fourth-order valence-electron chi connectivity index (χ4n) is 3.62. The number of ether oxygens (including phenoxy) is 3. The number of nitrogens with zero attached hydrogens (tertiary/aromatic N) is 2. The van der Waals surface area contributed by atoms with E-state index in [1.54, 1.807) is 13.0 Å². The lowest BCUT2D eigenvalue weighted by Crippen LogP contribution is -2.36. The number of fused-ring (bicyclic) bond motifs is 1. The van der Waals surface area contributed by atoms with Crippen LogP contribution >= 0.6 is 0 Å². The summed E-state index contributed by atoms with van der Waals surface area (Å²) in [5.41, 5.74) is -0.539. The van der Waals surface area contributed by atoms with Crippen molar-refractivity contribution >= 4 is 5.91 Å². The molecule has 0 saturated carbocycles. The number of carbonyl (C=O) groups is 1. The number of hydrogen-bond donors (Lipinski definition) is 1. The highest BCUT2D eigenvalue weighted by atomic mass is 19.4. The molecule has 190 valence electrons. The molecule has 2 heterocycles. The van der Waals surface area contributed by atoms with Crippen LogP contribution in [0.2, 0.25) is 0 Å². The van der Waals surface area contributed by atoms with Gasteiger partial charge in [0.1, 0.15) is 19.0 Å². The van der Waals surface area contributed by atoms with E-state index in [9.17, 15) is 26.7 Å². The molecule has 2 aromatic carbocycles. The van der Waals surface area contributed by atoms with E-state index in [-0.39, 0.29) is 36.2 Å². The van der Waals surface area contributed by atoms with Gasteiger partial charge in [0.2, 0.25) is 5.75 Å². The predicted molar refractivity (Wildman–Crippen MR) is 117 cm³/mol. The summed E-state index contributed by atoms with van der Waals surface area (Å²) in [7, 11) is 0. The maximum Gasteiger partial charge on any atom is 0.416 e. The Hall–Kier alpha value is -3.96. The van der Waals surface area contributed by atoms with Gasteiger partial charge in [-0.1, -0.05) is 29.8 Å². The van der Waals surface area contributed by atoms with Crippen LogP contribution in [0.5, 0.6) is 23.3 Å². The summed E-state index contributed by atoms with van der Waals surface area (Å²) in [5, 5.41) is 9.59. The van der Waals surface area contributed by atoms with Crippen LogP contribution in [0.4, 0.5) is 22.0 Å². The van der Waals surface area contributed by atoms with E-state index in [0.717, 1.165) is 17.7 Å². The van der Waals surface area contributed by atoms with E-state index in [1.807, 2.05) is 0 Å². The SMILES string of the molecule is Cc1ccc(C(F)(F)CNC(=O)c2c(Oc3cccc(C(F)(F)F)c3)nnc3c2OCCO3)c(C)c1. The zero-order chi connectivity index (χ0) is 26.1. The third-order valence-corrected chi connectivity index (χ3v) is 5.29. The quantitative estimate of drug-likeness (QED) is 0.460. The molecular formula is C24H20F5N3O4. The molecule has 4 rings (SSSR count). The molecule has 1 amide bonds. The number of hydrogen-bond acceptors (Lipinski definition) is 6. The van der Waals surface area contributed by atoms with Crippen LogP contribution in [0.15, 0.2) is 42.5 Å². The van der Waals surface area contributed by atoms with Crippen molar-refractivity contribution in [3.05, 3.63) is 70.3 Å². The van der Waals surface area contributed by atoms with Crippen LogP contribution in [0, 0.1) is 13.8 Å². The number of aromatic nitrogens is 2. The van der Waals surface area contributed by atoms with Gasteiger partial charge in [-0.25, -0.2) is 0 Å². The molecule has 0 radical (unpaired) electrons. The molecule has 7 nitrogen and oxygen atoms in total. The van der Waals surface area contributed by atoms with Crippen LogP contribution in [0.3, 0.4) is 0 Å². The molecule has 3 aromatic rings. The van der Waals surface area contributed by atoms with Gasteiger partial charge in [0.05, 0.1) is 12.1 Å². The van der Waals surface area contributed by atoms with E-state index in [4.69, 9.17) is 14.2 Å². The Kier molecular flexibility index (Phi) is 6.70. The van der Waals surface area contributed by atoms with Gasteiger partial charge in [-0.05, 0) is 37.6 Å². The number of nitrogens with one attached hydrogen (secondary N) is 1. The second-order valence-electron chi connectivity index (χ2n) is 8.04. The van der Waals surface area contributed by atoms with Crippen molar-refractivity contribution in [2.24, 2.45) is 0 Å². The summed E-state index contributed by atoms with van der Waals surface area (Å²) < 4.78 is 85.3. The number of rotatable bonds is 6. The van der Waals surface area contributed by atoms with Gasteiger partial charge in [0.25, 0.3) is 23.6 Å². The van der Waals surface area contributed by atoms with Crippen molar-refractivity contribution < 1.29 is 41.0 Å². The predicted octanol–water partition coefficient (Wildman–Crippen LogP) is 5.20. The highest BCUT2D eigenvalue weighted by Crippen LogP contribution is 2.39. The second kappa shape index (κ2) is 9.59. The summed E-state index contributed by atoms with van der Waals surface area (Å²) in [6.45, 7) is 2.34. The highest BCUT2D eigenvalue weighted by molar-refractivity contribution is 5.99. The van der Waals surface area contributed by atoms with Crippen molar-refractivity contribution in [3.63, 3.8) is 0 Å². The number of amides is 1. The average molecular weight is 509 g/mol. The standard InChI is InChI=1S/C24H20F5N3O4/c1-13-6-7-17(14(2)10-13)23(25,26)12-30-20(33)18-19-22(35-9-8-34-19)32-31-21(18)36-16-5-3-4-15(11-16)24(27,28)29/h3-7,10-11H,8-9,12H2,1-2H3,(H,30,33). The summed E-state index contributed by atoms with van der Waals surface area (Å²) in [6.07, 6.45) is -4.64. The normalized spacial score (nSPS) is 13.3. The van der Waals surface area contributed by atoms with Crippen LogP contribution in [-0.4, -0.2) is 35.9 Å². The molecule has 12 heteroatoms. The van der Waals surface area contributed by atoms with Gasteiger partial charge in [0, 0.05) is 5.56 Å². The molecule has 1 N–H and O–H groups in total. The zero-order valence-corrected chi connectivity index (χ0v) is 19.1. The summed E-state index contributed by atoms with van der Waals surface area (Å²) in [6, 6.07) is 8.27. The second-order valence-corrected chi connectivity index (χ2v) is 8.04. The van der Waals surface area contributed by atoms with E-state index in [1.165, 1.54) is 25.1 Å². The molecule has 0 spiro atoms. The third-order valence-electron chi connectivity index (χ3n) is 5.29. The van der Waals surface area contributed by atoms with E-state index in [0.29, 0.717) is 11.6 Å². The molecule has 0 saturated heterocycles. The number of benzene rings is 2. The Labute approximate surface area is 202 Å². The Balaban J connectivity index is 1.64. The zero-order valence-electron chi connectivity index (χ0n) is 19.1. The highest BCUT2D eigenvalue weighted by Gasteiger charge is 2.36. The lowest BCUT2D eigenvalue weighted by Gasteiger charge is -2.22. The van der Waals surface area contributed by atoms with Gasteiger partial charge in [-0.3, -0.25) is 4.79 Å². The molecule has 1 aliphatic heterocycles. The number of halogens is 5. The molecule has 0 aliphatic carbocycles. The minimum absolute atomic E-state index is 0.0146. The Bertz CT molecular complexity index is 1300. The van der Waals surface area contributed by atoms with Gasteiger partial charge < -0.3 is 19.5 Å². The Morgan fingerprint density at radius 2 is 1.78 bits per heavy atom. The van der Waals surface area contributed by atoms with E-state index >= 15 is 0 Å². The fourth-order valence-corrected chi connectivity index (χ4v) is 3.62. The smallest absolute Gasteiger partial charge is 0.416 e. The monoisotopic (exact) mass is 509 g/mol. The molecule has 36 heavy (non-hydrogen) atoms. The van der Waals surface area contributed by atoms with Crippen LogP contribution in [0.25, 0.3) is 0 Å². The van der Waals surface area contributed by atoms with Crippen molar-refractivity contribution in [1.29, 1.82) is 0 Å². The number of carbonyl (C=O) groups excluding carboxylic acids is 1. The van der Waals surface area contributed by atoms with Crippen molar-refractivity contribution in [3.8, 4) is 23.3 Å². The van der Waals surface area contributed by atoms with Crippen LogP contribution < -0.4 is 19.5 Å². The Morgan fingerprint density at radius 1 is 1.03 bits per heavy atom.